The van der Waals surface area contributed by atoms with E-state index in [1.807, 2.05) is 19.0 Å². The zero-order valence-corrected chi connectivity index (χ0v) is 16.9. The van der Waals surface area contributed by atoms with E-state index in [1.54, 1.807) is 6.07 Å². The monoisotopic (exact) mass is 399 g/mol. The average Bonchev–Trinajstić information content (AvgIpc) is 3.24. The second-order valence-electron chi connectivity index (χ2n) is 7.55. The molecule has 1 atom stereocenters. The van der Waals surface area contributed by atoms with E-state index in [1.165, 1.54) is 23.1 Å². The molecule has 29 heavy (non-hydrogen) atoms. The molecule has 2 aromatic rings. The van der Waals surface area contributed by atoms with Gasteiger partial charge < -0.3 is 20.4 Å². The van der Waals surface area contributed by atoms with Gasteiger partial charge in [-0.25, -0.2) is 4.39 Å². The molecular weight excluding hydrogens is 371 g/mol. The predicted molar refractivity (Wildman–Crippen MR) is 111 cm³/mol. The third-order valence-corrected chi connectivity index (χ3v) is 5.35. The second kappa shape index (κ2) is 9.52. The van der Waals surface area contributed by atoms with Crippen molar-refractivity contribution in [2.45, 2.75) is 18.9 Å². The lowest BCUT2D eigenvalue weighted by atomic mass is 10.0. The van der Waals surface area contributed by atoms with Gasteiger partial charge in [-0.2, -0.15) is 0 Å². The number of rotatable bonds is 6. The zero-order chi connectivity index (χ0) is 20.8. The fraction of sp³-hybridized carbons (Fsp3) is 0.364. The number of amides is 2. The molecule has 1 heterocycles. The predicted octanol–water partition coefficient (Wildman–Crippen LogP) is 1.37. The van der Waals surface area contributed by atoms with Gasteiger partial charge in [0.05, 0.1) is 25.3 Å². The largest absolute Gasteiger partial charge is 0.378 e. The summed E-state index contributed by atoms with van der Waals surface area (Å²) in [5.41, 5.74) is 2.23. The summed E-state index contributed by atoms with van der Waals surface area (Å²) in [6, 6.07) is 14.1. The maximum absolute atomic E-state index is 13.7. The van der Waals surface area contributed by atoms with E-state index in [2.05, 4.69) is 34.9 Å². The molecule has 0 saturated carbocycles. The van der Waals surface area contributed by atoms with Crippen molar-refractivity contribution in [3.05, 3.63) is 59.9 Å². The number of carbonyl (C=O) groups is 2. The lowest BCUT2D eigenvalue weighted by molar-refractivity contribution is -0.918. The van der Waals surface area contributed by atoms with Gasteiger partial charge in [-0.1, -0.05) is 24.3 Å². The number of benzene rings is 2. The first-order chi connectivity index (χ1) is 14.0. The van der Waals surface area contributed by atoms with E-state index in [0.29, 0.717) is 6.54 Å². The Morgan fingerprint density at radius 3 is 2.31 bits per heavy atom. The van der Waals surface area contributed by atoms with Crippen molar-refractivity contribution < 1.29 is 18.9 Å². The van der Waals surface area contributed by atoms with Crippen molar-refractivity contribution in [2.24, 2.45) is 0 Å². The first-order valence-electron chi connectivity index (χ1n) is 9.91. The van der Waals surface area contributed by atoms with Gasteiger partial charge in [0.1, 0.15) is 11.9 Å². The highest BCUT2D eigenvalue weighted by Crippen LogP contribution is 2.17. The first-order valence-corrected chi connectivity index (χ1v) is 9.91. The van der Waals surface area contributed by atoms with Crippen molar-refractivity contribution in [3.8, 4) is 0 Å². The summed E-state index contributed by atoms with van der Waals surface area (Å²) >= 11 is 0. The lowest BCUT2D eigenvalue weighted by Crippen LogP contribution is -3.11. The summed E-state index contributed by atoms with van der Waals surface area (Å²) in [6.07, 6.45) is 2.31. The number of quaternary nitrogens is 1. The Labute approximate surface area is 170 Å². The summed E-state index contributed by atoms with van der Waals surface area (Å²) in [5, 5.41) is 5.05. The highest BCUT2D eigenvalue weighted by Gasteiger charge is 2.28. The van der Waals surface area contributed by atoms with Crippen LogP contribution in [0.2, 0.25) is 0 Å². The van der Waals surface area contributed by atoms with Gasteiger partial charge in [-0.15, -0.1) is 0 Å². The third-order valence-electron chi connectivity index (χ3n) is 5.35. The van der Waals surface area contributed by atoms with E-state index in [4.69, 9.17) is 0 Å². The minimum absolute atomic E-state index is 0.00589. The summed E-state index contributed by atoms with van der Waals surface area (Å²) in [6.45, 7) is 2.43. The number of nitrogens with one attached hydrogen (secondary N) is 3. The molecule has 154 valence electrons. The Balaban J connectivity index is 1.65. The van der Waals surface area contributed by atoms with Crippen LogP contribution in [0.5, 0.6) is 0 Å². The molecule has 2 amide bonds. The van der Waals surface area contributed by atoms with Crippen molar-refractivity contribution in [2.75, 3.05) is 43.9 Å². The minimum Gasteiger partial charge on any atom is -0.378 e. The molecular formula is C22H28FN4O2+. The number of nitrogens with zero attached hydrogens (tertiary/aromatic N) is 1. The van der Waals surface area contributed by atoms with Crippen LogP contribution in [0.3, 0.4) is 0 Å². The number of hydrogen-bond acceptors (Lipinski definition) is 3. The van der Waals surface area contributed by atoms with Crippen LogP contribution in [0.15, 0.2) is 48.5 Å². The Kier molecular flexibility index (Phi) is 6.82. The molecule has 1 fully saturated rings. The number of anilines is 2. The standard InChI is InChI=1S/C22H27FN4O2/c1-26(2)17-11-9-16(10-12-17)20(27-13-5-6-14-27)15-24-21(28)22(29)25-19-8-4-3-7-18(19)23/h3-4,7-12,20H,5-6,13-15H2,1-2H3,(H,24,28)(H,25,29)/p+1/t20-/m0/s1. The van der Waals surface area contributed by atoms with Crippen molar-refractivity contribution in [1.29, 1.82) is 0 Å². The normalized spacial score (nSPS) is 15.0. The van der Waals surface area contributed by atoms with Crippen LogP contribution in [0.4, 0.5) is 15.8 Å². The molecule has 1 aliphatic rings. The van der Waals surface area contributed by atoms with Gasteiger partial charge >= 0.3 is 11.8 Å². The number of para-hydroxylation sites is 1. The van der Waals surface area contributed by atoms with Gasteiger partial charge in [0.15, 0.2) is 0 Å². The fourth-order valence-corrected chi connectivity index (χ4v) is 3.70. The molecule has 0 aliphatic carbocycles. The van der Waals surface area contributed by atoms with Crippen LogP contribution in [-0.2, 0) is 9.59 Å². The highest BCUT2D eigenvalue weighted by atomic mass is 19.1. The van der Waals surface area contributed by atoms with E-state index in [9.17, 15) is 14.0 Å². The Morgan fingerprint density at radius 1 is 1.03 bits per heavy atom. The van der Waals surface area contributed by atoms with Crippen LogP contribution in [0.25, 0.3) is 0 Å². The van der Waals surface area contributed by atoms with Gasteiger partial charge in [-0.05, 0) is 24.3 Å². The second-order valence-corrected chi connectivity index (χ2v) is 7.55. The van der Waals surface area contributed by atoms with E-state index in [0.717, 1.165) is 37.2 Å². The average molecular weight is 399 g/mol. The Hall–Kier alpha value is -2.93. The molecule has 3 rings (SSSR count). The number of carbonyl (C=O) groups excluding carboxylic acids is 2. The van der Waals surface area contributed by atoms with Gasteiger partial charge in [0, 0.05) is 38.2 Å². The number of hydrogen-bond donors (Lipinski definition) is 3. The number of likely N-dealkylation sites (tertiary alicyclic amines) is 1. The summed E-state index contributed by atoms with van der Waals surface area (Å²) in [4.78, 5) is 27.9. The fourth-order valence-electron chi connectivity index (χ4n) is 3.70. The van der Waals surface area contributed by atoms with Crippen LogP contribution in [-0.4, -0.2) is 45.5 Å². The molecule has 0 bridgehead atoms. The maximum Gasteiger partial charge on any atom is 0.313 e. The van der Waals surface area contributed by atoms with E-state index < -0.39 is 17.6 Å². The maximum atomic E-state index is 13.7. The van der Waals surface area contributed by atoms with E-state index in [-0.39, 0.29) is 11.7 Å². The minimum atomic E-state index is -0.867. The van der Waals surface area contributed by atoms with Gasteiger partial charge in [0.2, 0.25) is 0 Å². The first kappa shape index (κ1) is 20.8. The SMILES string of the molecule is CN(C)c1ccc([C@H](CNC(=O)C(=O)Nc2ccccc2F)[NH+]2CCCC2)cc1. The van der Waals surface area contributed by atoms with Crippen molar-refractivity contribution in [3.63, 3.8) is 0 Å². The molecule has 0 aromatic heterocycles. The van der Waals surface area contributed by atoms with E-state index >= 15 is 0 Å². The summed E-state index contributed by atoms with van der Waals surface area (Å²) < 4.78 is 13.7. The highest BCUT2D eigenvalue weighted by molar-refractivity contribution is 6.39. The molecule has 0 spiro atoms. The summed E-state index contributed by atoms with van der Waals surface area (Å²) in [5.74, 6) is -2.20. The molecule has 7 heteroatoms. The molecule has 1 saturated heterocycles. The smallest absolute Gasteiger partial charge is 0.313 e. The van der Waals surface area contributed by atoms with Gasteiger partial charge in [0.25, 0.3) is 0 Å². The van der Waals surface area contributed by atoms with Gasteiger partial charge in [-0.3, -0.25) is 9.59 Å². The van der Waals surface area contributed by atoms with Crippen LogP contribution in [0.1, 0.15) is 24.4 Å². The summed E-state index contributed by atoms with van der Waals surface area (Å²) in [7, 11) is 3.99. The van der Waals surface area contributed by atoms with Crippen LogP contribution in [0, 0.1) is 5.82 Å². The van der Waals surface area contributed by atoms with Crippen molar-refractivity contribution in [1.82, 2.24) is 5.32 Å². The molecule has 2 aromatic carbocycles. The van der Waals surface area contributed by atoms with Crippen LogP contribution >= 0.6 is 0 Å². The Bertz CT molecular complexity index is 848. The molecule has 0 radical (unpaired) electrons. The molecule has 3 N–H and O–H groups in total. The lowest BCUT2D eigenvalue weighted by Gasteiger charge is -2.25. The Morgan fingerprint density at radius 2 is 1.69 bits per heavy atom. The van der Waals surface area contributed by atoms with Crippen molar-refractivity contribution >= 4 is 23.2 Å². The topological polar surface area (TPSA) is 65.9 Å². The zero-order valence-electron chi connectivity index (χ0n) is 16.9. The third kappa shape index (κ3) is 5.32. The molecule has 1 aliphatic heterocycles. The molecule has 0 unspecified atom stereocenters. The number of halogens is 1. The molecule has 6 nitrogen and oxygen atoms in total. The van der Waals surface area contributed by atoms with Crippen LogP contribution < -0.4 is 20.4 Å². The quantitative estimate of drug-likeness (QED) is 0.643.